The monoisotopic (exact) mass is 436 g/mol. The van der Waals surface area contributed by atoms with Crippen LogP contribution in [0, 0.1) is 0 Å². The molecule has 8 nitrogen and oxygen atoms in total. The number of hydrazone groups is 2. The molecule has 2 aromatic rings. The molecule has 0 aromatic heterocycles. The summed E-state index contributed by atoms with van der Waals surface area (Å²) < 4.78 is 12.4. The molecule has 1 fully saturated rings. The zero-order valence-electron chi connectivity index (χ0n) is 18.4. The number of likely N-dealkylation sites (tertiary alicyclic amines) is 1. The van der Waals surface area contributed by atoms with E-state index < -0.39 is 0 Å². The molecule has 4 N–H and O–H groups in total. The summed E-state index contributed by atoms with van der Waals surface area (Å²) in [5, 5.41) is 9.84. The first-order valence-corrected chi connectivity index (χ1v) is 11.2. The molecule has 2 aliphatic heterocycles. The van der Waals surface area contributed by atoms with Crippen LogP contribution in [0.5, 0.6) is 11.5 Å². The van der Waals surface area contributed by atoms with Crippen molar-refractivity contribution < 1.29 is 9.47 Å². The van der Waals surface area contributed by atoms with Crippen LogP contribution in [0.3, 0.4) is 0 Å². The molecular weight excluding hydrogens is 404 g/mol. The van der Waals surface area contributed by atoms with Gasteiger partial charge in [-0.2, -0.15) is 10.2 Å². The maximum atomic E-state index is 6.22. The Bertz CT molecular complexity index is 923. The fraction of sp³-hybridized carbons (Fsp3) is 0.417. The summed E-state index contributed by atoms with van der Waals surface area (Å²) in [4.78, 5) is 2.12. The highest BCUT2D eigenvalue weighted by Crippen LogP contribution is 2.27. The third-order valence-corrected chi connectivity index (χ3v) is 6.05. The molecule has 2 heterocycles. The van der Waals surface area contributed by atoms with Gasteiger partial charge in [-0.05, 0) is 47.7 Å². The molecule has 2 aliphatic rings. The van der Waals surface area contributed by atoms with Crippen LogP contribution in [-0.2, 0) is 19.4 Å². The zero-order valence-corrected chi connectivity index (χ0v) is 18.4. The second kappa shape index (κ2) is 10.7. The highest BCUT2D eigenvalue weighted by atomic mass is 16.5. The standard InChI is InChI=1S/C24H32N6O2/c25-17-28-30-14-8-20-2-1-3-24(23(20)11-15-30)31-16-19-4-6-21(7-5-19)32-22-9-12-29(13-10-22)18-27-26/h1-7,17-18,22H,8-16,26H2,(H2,25,28). The number of piperidine rings is 1. The largest absolute Gasteiger partial charge is 0.490 e. The number of nitrogens with zero attached hydrogens (tertiary/aromatic N) is 4. The van der Waals surface area contributed by atoms with Gasteiger partial charge in [0, 0.05) is 39.0 Å². The fourth-order valence-electron chi connectivity index (χ4n) is 4.30. The van der Waals surface area contributed by atoms with Crippen molar-refractivity contribution in [2.75, 3.05) is 26.2 Å². The van der Waals surface area contributed by atoms with Crippen LogP contribution < -0.4 is 21.1 Å². The second-order valence-corrected chi connectivity index (χ2v) is 8.16. The molecule has 2 aromatic carbocycles. The highest BCUT2D eigenvalue weighted by Gasteiger charge is 2.19. The number of ether oxygens (including phenoxy) is 2. The van der Waals surface area contributed by atoms with E-state index in [1.807, 2.05) is 17.1 Å². The number of benzene rings is 2. The maximum absolute atomic E-state index is 6.22. The van der Waals surface area contributed by atoms with Gasteiger partial charge in [0.15, 0.2) is 0 Å². The average Bonchev–Trinajstić information content (AvgIpc) is 3.03. The van der Waals surface area contributed by atoms with Crippen molar-refractivity contribution in [3.05, 3.63) is 59.2 Å². The lowest BCUT2D eigenvalue weighted by molar-refractivity contribution is 0.132. The lowest BCUT2D eigenvalue weighted by Gasteiger charge is -2.30. The predicted octanol–water partition coefficient (Wildman–Crippen LogP) is 2.31. The lowest BCUT2D eigenvalue weighted by atomic mass is 10.0. The molecule has 0 amide bonds. The van der Waals surface area contributed by atoms with E-state index in [0.717, 1.165) is 68.9 Å². The molecular formula is C24H32N6O2. The number of nitrogens with two attached hydrogens (primary N) is 2. The average molecular weight is 437 g/mol. The van der Waals surface area contributed by atoms with E-state index in [9.17, 15) is 0 Å². The Balaban J connectivity index is 1.31. The number of hydrogen-bond acceptors (Lipinski definition) is 6. The Labute approximate surface area is 189 Å². The van der Waals surface area contributed by atoms with E-state index >= 15 is 0 Å². The van der Waals surface area contributed by atoms with Crippen LogP contribution in [0.25, 0.3) is 0 Å². The summed E-state index contributed by atoms with van der Waals surface area (Å²) in [7, 11) is 0. The molecule has 8 heteroatoms. The van der Waals surface area contributed by atoms with Crippen molar-refractivity contribution >= 4 is 12.7 Å². The summed E-state index contributed by atoms with van der Waals surface area (Å²) in [5.74, 6) is 7.08. The third-order valence-electron chi connectivity index (χ3n) is 6.05. The predicted molar refractivity (Wildman–Crippen MR) is 127 cm³/mol. The van der Waals surface area contributed by atoms with Crippen molar-refractivity contribution in [1.29, 1.82) is 0 Å². The summed E-state index contributed by atoms with van der Waals surface area (Å²) >= 11 is 0. The van der Waals surface area contributed by atoms with Crippen LogP contribution in [-0.4, -0.2) is 54.9 Å². The molecule has 0 aliphatic carbocycles. The van der Waals surface area contributed by atoms with Gasteiger partial charge in [0.05, 0.1) is 0 Å². The minimum Gasteiger partial charge on any atom is -0.490 e. The Morgan fingerprint density at radius 1 is 1.00 bits per heavy atom. The van der Waals surface area contributed by atoms with Crippen LogP contribution in [0.1, 0.15) is 29.5 Å². The molecule has 170 valence electrons. The molecule has 32 heavy (non-hydrogen) atoms. The normalized spacial score (nSPS) is 17.5. The van der Waals surface area contributed by atoms with Crippen LogP contribution >= 0.6 is 0 Å². The topological polar surface area (TPSA) is 102 Å². The number of fused-ring (bicyclic) bond motifs is 1. The van der Waals surface area contributed by atoms with Gasteiger partial charge >= 0.3 is 0 Å². The van der Waals surface area contributed by atoms with Crippen molar-refractivity contribution in [2.45, 2.75) is 38.4 Å². The van der Waals surface area contributed by atoms with Gasteiger partial charge in [-0.1, -0.05) is 24.3 Å². The van der Waals surface area contributed by atoms with Crippen molar-refractivity contribution in [2.24, 2.45) is 21.8 Å². The highest BCUT2D eigenvalue weighted by molar-refractivity contribution is 5.54. The van der Waals surface area contributed by atoms with E-state index in [0.29, 0.717) is 6.61 Å². The minimum atomic E-state index is 0.225. The van der Waals surface area contributed by atoms with Gasteiger partial charge in [-0.15, -0.1) is 0 Å². The third kappa shape index (κ3) is 5.63. The molecule has 1 saturated heterocycles. The molecule has 0 unspecified atom stereocenters. The molecule has 0 saturated carbocycles. The fourth-order valence-corrected chi connectivity index (χ4v) is 4.30. The second-order valence-electron chi connectivity index (χ2n) is 8.16. The molecule has 0 bridgehead atoms. The van der Waals surface area contributed by atoms with Crippen molar-refractivity contribution in [3.8, 4) is 11.5 Å². The van der Waals surface area contributed by atoms with E-state index in [2.05, 4.69) is 45.4 Å². The SMILES string of the molecule is NC=NN1CCc2cccc(OCc3ccc(OC4CCN(C=NN)CC4)cc3)c2CC1. The first-order chi connectivity index (χ1) is 15.7. The first kappa shape index (κ1) is 21.8. The number of hydrogen-bond donors (Lipinski definition) is 2. The van der Waals surface area contributed by atoms with Gasteiger partial charge < -0.3 is 25.9 Å². The molecule has 4 rings (SSSR count). The smallest absolute Gasteiger partial charge is 0.123 e. The summed E-state index contributed by atoms with van der Waals surface area (Å²) in [5.41, 5.74) is 9.17. The van der Waals surface area contributed by atoms with E-state index in [-0.39, 0.29) is 6.10 Å². The molecule has 0 atom stereocenters. The first-order valence-electron chi connectivity index (χ1n) is 11.2. The Morgan fingerprint density at radius 2 is 1.78 bits per heavy atom. The maximum Gasteiger partial charge on any atom is 0.123 e. The molecule has 0 spiro atoms. The lowest BCUT2D eigenvalue weighted by Crippen LogP contribution is -2.37. The van der Waals surface area contributed by atoms with Crippen LogP contribution in [0.15, 0.2) is 52.7 Å². The van der Waals surface area contributed by atoms with Gasteiger partial charge in [0.25, 0.3) is 0 Å². The Kier molecular flexibility index (Phi) is 7.32. The van der Waals surface area contributed by atoms with E-state index in [4.69, 9.17) is 21.1 Å². The summed E-state index contributed by atoms with van der Waals surface area (Å²) in [6, 6.07) is 14.5. The van der Waals surface area contributed by atoms with Crippen molar-refractivity contribution in [3.63, 3.8) is 0 Å². The van der Waals surface area contributed by atoms with E-state index in [1.165, 1.54) is 17.5 Å². The summed E-state index contributed by atoms with van der Waals surface area (Å²) in [6.07, 6.45) is 7.04. The number of rotatable bonds is 7. The van der Waals surface area contributed by atoms with E-state index in [1.54, 1.807) is 6.34 Å². The van der Waals surface area contributed by atoms with Gasteiger partial charge in [0.1, 0.15) is 36.9 Å². The van der Waals surface area contributed by atoms with Gasteiger partial charge in [-0.25, -0.2) is 0 Å². The quantitative estimate of drug-likeness (QED) is 0.299. The van der Waals surface area contributed by atoms with Crippen molar-refractivity contribution in [1.82, 2.24) is 9.91 Å². The Hall–Kier alpha value is -3.42. The summed E-state index contributed by atoms with van der Waals surface area (Å²) in [6.45, 7) is 4.05. The van der Waals surface area contributed by atoms with Gasteiger partial charge in [0.2, 0.25) is 0 Å². The van der Waals surface area contributed by atoms with Crippen LogP contribution in [0.2, 0.25) is 0 Å². The zero-order chi connectivity index (χ0) is 22.2. The minimum absolute atomic E-state index is 0.225. The Morgan fingerprint density at radius 3 is 2.53 bits per heavy atom. The van der Waals surface area contributed by atoms with Gasteiger partial charge in [-0.3, -0.25) is 5.01 Å². The molecule has 0 radical (unpaired) electrons. The van der Waals surface area contributed by atoms with Crippen LogP contribution in [0.4, 0.5) is 0 Å².